The standard InChI is InChI=1S/C15H19Cl2N2O2/c1-2-3-4-14(18)15(21)19-11(9-20)7-10-5-6-12(16)13(17)8-10/h5-6,8,11,14H,2-4,7,18H2,1H3,(H,19,21)/t11-,14-/m0/s1. The molecule has 0 aliphatic carbocycles. The van der Waals surface area contributed by atoms with Crippen LogP contribution in [0.2, 0.25) is 10.0 Å². The number of amides is 1. The number of rotatable bonds is 8. The number of hydrogen-bond acceptors (Lipinski definition) is 3. The van der Waals surface area contributed by atoms with Gasteiger partial charge in [0.2, 0.25) is 12.2 Å². The van der Waals surface area contributed by atoms with E-state index in [9.17, 15) is 9.59 Å². The van der Waals surface area contributed by atoms with Crippen molar-refractivity contribution in [3.63, 3.8) is 0 Å². The van der Waals surface area contributed by atoms with Crippen molar-refractivity contribution in [1.82, 2.24) is 5.32 Å². The van der Waals surface area contributed by atoms with Crippen LogP contribution in [-0.2, 0) is 16.0 Å². The van der Waals surface area contributed by atoms with E-state index in [1.54, 1.807) is 18.2 Å². The van der Waals surface area contributed by atoms with E-state index in [1.165, 1.54) is 0 Å². The van der Waals surface area contributed by atoms with Crippen LogP contribution < -0.4 is 11.1 Å². The van der Waals surface area contributed by atoms with Gasteiger partial charge >= 0.3 is 0 Å². The number of carbonyl (C=O) groups is 1. The van der Waals surface area contributed by atoms with Crippen molar-refractivity contribution in [3.05, 3.63) is 33.8 Å². The third kappa shape index (κ3) is 6.04. The summed E-state index contributed by atoms with van der Waals surface area (Å²) in [5, 5.41) is 3.44. The first-order valence-electron chi connectivity index (χ1n) is 6.85. The van der Waals surface area contributed by atoms with Crippen LogP contribution in [0, 0.1) is 0 Å². The number of nitrogens with one attached hydrogen (secondary N) is 1. The first-order valence-corrected chi connectivity index (χ1v) is 7.61. The average molecular weight is 330 g/mol. The van der Waals surface area contributed by atoms with E-state index in [2.05, 4.69) is 5.32 Å². The van der Waals surface area contributed by atoms with E-state index in [0.717, 1.165) is 18.4 Å². The molecule has 0 fully saturated rings. The van der Waals surface area contributed by atoms with Gasteiger partial charge in [-0.05, 0) is 24.1 Å². The van der Waals surface area contributed by atoms with Crippen molar-refractivity contribution in [1.29, 1.82) is 0 Å². The van der Waals surface area contributed by atoms with Gasteiger partial charge in [0.1, 0.15) is 0 Å². The van der Waals surface area contributed by atoms with Gasteiger partial charge in [-0.3, -0.25) is 9.59 Å². The van der Waals surface area contributed by atoms with Crippen LogP contribution in [0.15, 0.2) is 18.2 Å². The van der Waals surface area contributed by atoms with Gasteiger partial charge in [-0.25, -0.2) is 0 Å². The zero-order valence-corrected chi connectivity index (χ0v) is 13.4. The van der Waals surface area contributed by atoms with E-state index in [4.69, 9.17) is 28.9 Å². The van der Waals surface area contributed by atoms with E-state index in [-0.39, 0.29) is 5.91 Å². The lowest BCUT2D eigenvalue weighted by atomic mass is 10.1. The molecule has 0 heterocycles. The van der Waals surface area contributed by atoms with Crippen LogP contribution >= 0.6 is 23.2 Å². The molecule has 0 saturated heterocycles. The lowest BCUT2D eigenvalue weighted by molar-refractivity contribution is -0.122. The first kappa shape index (κ1) is 18.0. The third-order valence-corrected chi connectivity index (χ3v) is 3.83. The molecule has 0 aliphatic rings. The van der Waals surface area contributed by atoms with E-state index in [1.807, 2.05) is 13.2 Å². The van der Waals surface area contributed by atoms with Gasteiger partial charge in [0.05, 0.1) is 22.1 Å². The van der Waals surface area contributed by atoms with Crippen molar-refractivity contribution in [2.24, 2.45) is 5.73 Å². The Morgan fingerprint density at radius 1 is 1.38 bits per heavy atom. The zero-order valence-electron chi connectivity index (χ0n) is 11.9. The molecule has 6 heteroatoms. The smallest absolute Gasteiger partial charge is 0.237 e. The molecule has 0 aromatic heterocycles. The maximum absolute atomic E-state index is 11.9. The number of unbranched alkanes of at least 4 members (excludes halogenated alkanes) is 1. The molecule has 0 bridgehead atoms. The highest BCUT2D eigenvalue weighted by atomic mass is 35.5. The summed E-state index contributed by atoms with van der Waals surface area (Å²) in [7, 11) is 0. The van der Waals surface area contributed by atoms with Crippen LogP contribution in [0.1, 0.15) is 31.7 Å². The molecule has 0 aliphatic heterocycles. The minimum Gasteiger partial charge on any atom is -0.344 e. The molecule has 0 spiro atoms. The van der Waals surface area contributed by atoms with Crippen molar-refractivity contribution in [3.8, 4) is 0 Å². The Morgan fingerprint density at radius 3 is 2.67 bits per heavy atom. The van der Waals surface area contributed by atoms with E-state index >= 15 is 0 Å². The molecule has 4 nitrogen and oxygen atoms in total. The van der Waals surface area contributed by atoms with Crippen molar-refractivity contribution in [2.45, 2.75) is 44.7 Å². The topological polar surface area (TPSA) is 72.2 Å². The van der Waals surface area contributed by atoms with Crippen LogP contribution in [0.4, 0.5) is 0 Å². The molecule has 1 rings (SSSR count). The Balaban J connectivity index is 2.60. The molecule has 1 radical (unpaired) electrons. The number of nitrogens with two attached hydrogens (primary N) is 1. The quantitative estimate of drug-likeness (QED) is 0.770. The largest absolute Gasteiger partial charge is 0.344 e. The number of hydrogen-bond donors (Lipinski definition) is 2. The van der Waals surface area contributed by atoms with Crippen LogP contribution in [0.3, 0.4) is 0 Å². The minimum absolute atomic E-state index is 0.298. The summed E-state index contributed by atoms with van der Waals surface area (Å²) in [6.45, 7) is 2.02. The van der Waals surface area contributed by atoms with Crippen LogP contribution in [-0.4, -0.2) is 24.3 Å². The highest BCUT2D eigenvalue weighted by molar-refractivity contribution is 6.42. The second-order valence-corrected chi connectivity index (χ2v) is 5.69. The SMILES string of the molecule is CCCC[C@H](N)C(=O)N[C@H]([C]=O)Cc1ccc(Cl)c(Cl)c1. The Labute approximate surface area is 135 Å². The summed E-state index contributed by atoms with van der Waals surface area (Å²) in [5.41, 5.74) is 6.56. The third-order valence-electron chi connectivity index (χ3n) is 3.09. The fourth-order valence-corrected chi connectivity index (χ4v) is 2.18. The molecular weight excluding hydrogens is 311 g/mol. The van der Waals surface area contributed by atoms with Crippen molar-refractivity contribution in [2.75, 3.05) is 0 Å². The van der Waals surface area contributed by atoms with E-state index < -0.39 is 12.1 Å². The van der Waals surface area contributed by atoms with Gasteiger partial charge in [0, 0.05) is 6.42 Å². The predicted octanol–water partition coefficient (Wildman–Crippen LogP) is 2.65. The Hall–Kier alpha value is -1.10. The molecule has 0 saturated carbocycles. The maximum Gasteiger partial charge on any atom is 0.237 e. The van der Waals surface area contributed by atoms with Gasteiger partial charge in [-0.15, -0.1) is 0 Å². The fraction of sp³-hybridized carbons (Fsp3) is 0.467. The Kier molecular flexibility index (Phi) is 7.72. The second kappa shape index (κ2) is 9.03. The average Bonchev–Trinajstić information content (AvgIpc) is 2.47. The van der Waals surface area contributed by atoms with Crippen LogP contribution in [0.25, 0.3) is 0 Å². The summed E-state index contributed by atoms with van der Waals surface area (Å²) >= 11 is 11.7. The van der Waals surface area contributed by atoms with Gasteiger partial charge in [-0.2, -0.15) is 0 Å². The monoisotopic (exact) mass is 329 g/mol. The van der Waals surface area contributed by atoms with Gasteiger partial charge in [-0.1, -0.05) is 49.0 Å². The molecule has 2 atom stereocenters. The van der Waals surface area contributed by atoms with E-state index in [0.29, 0.717) is 22.9 Å². The summed E-state index contributed by atoms with van der Waals surface area (Å²) < 4.78 is 0. The van der Waals surface area contributed by atoms with Crippen molar-refractivity contribution >= 4 is 35.4 Å². The fourth-order valence-electron chi connectivity index (χ4n) is 1.86. The molecule has 0 unspecified atom stereocenters. The van der Waals surface area contributed by atoms with Gasteiger partial charge < -0.3 is 11.1 Å². The minimum atomic E-state index is -0.748. The molecular formula is C15H19Cl2N2O2. The molecule has 115 valence electrons. The first-order chi connectivity index (χ1) is 9.97. The predicted molar refractivity (Wildman–Crippen MR) is 85.3 cm³/mol. The zero-order chi connectivity index (χ0) is 15.8. The summed E-state index contributed by atoms with van der Waals surface area (Å²) in [6, 6.07) is 3.71. The maximum atomic E-state index is 11.9. The molecule has 1 aromatic carbocycles. The lowest BCUT2D eigenvalue weighted by Gasteiger charge is -2.16. The molecule has 3 N–H and O–H groups in total. The highest BCUT2D eigenvalue weighted by Crippen LogP contribution is 2.23. The summed E-state index contributed by atoms with van der Waals surface area (Å²) in [5.74, 6) is -0.336. The summed E-state index contributed by atoms with van der Waals surface area (Å²) in [4.78, 5) is 22.9. The highest BCUT2D eigenvalue weighted by Gasteiger charge is 2.18. The normalized spacial score (nSPS) is 13.5. The number of carbonyl (C=O) groups excluding carboxylic acids is 2. The lowest BCUT2D eigenvalue weighted by Crippen LogP contribution is -2.46. The van der Waals surface area contributed by atoms with Gasteiger partial charge in [0.25, 0.3) is 0 Å². The number of halogens is 2. The molecule has 1 aromatic rings. The number of benzene rings is 1. The Morgan fingerprint density at radius 2 is 2.10 bits per heavy atom. The second-order valence-electron chi connectivity index (χ2n) is 4.88. The molecule has 1 amide bonds. The molecule has 21 heavy (non-hydrogen) atoms. The van der Waals surface area contributed by atoms with Crippen LogP contribution in [0.5, 0.6) is 0 Å². The Bertz CT molecular complexity index is 495. The summed E-state index contributed by atoms with van der Waals surface area (Å²) in [6.07, 6.45) is 4.55. The van der Waals surface area contributed by atoms with Gasteiger partial charge in [0.15, 0.2) is 0 Å². The van der Waals surface area contributed by atoms with Crippen molar-refractivity contribution < 1.29 is 9.59 Å².